The van der Waals surface area contributed by atoms with Crippen molar-refractivity contribution >= 4 is 44.8 Å². The monoisotopic (exact) mass is 480 g/mol. The summed E-state index contributed by atoms with van der Waals surface area (Å²) in [5.41, 5.74) is 6.70. The Hall–Kier alpha value is -2.66. The van der Waals surface area contributed by atoms with Crippen LogP contribution in [0.3, 0.4) is 0 Å². The number of carbonyl (C=O) groups is 2. The summed E-state index contributed by atoms with van der Waals surface area (Å²) in [5.74, 6) is -1.23. The predicted molar refractivity (Wildman–Crippen MR) is 122 cm³/mol. The van der Waals surface area contributed by atoms with Gasteiger partial charge < -0.3 is 20.7 Å². The van der Waals surface area contributed by atoms with Crippen molar-refractivity contribution < 1.29 is 22.7 Å². The van der Waals surface area contributed by atoms with E-state index in [1.54, 1.807) is 12.1 Å². The first-order valence-electron chi connectivity index (χ1n) is 10.0. The van der Waals surface area contributed by atoms with Crippen molar-refractivity contribution in [2.75, 3.05) is 36.5 Å². The van der Waals surface area contributed by atoms with Crippen LogP contribution in [0, 0.1) is 0 Å². The smallest absolute Gasteiger partial charge is 0.242 e. The predicted octanol–water partition coefficient (Wildman–Crippen LogP) is 1.73. The highest BCUT2D eigenvalue weighted by Gasteiger charge is 2.26. The summed E-state index contributed by atoms with van der Waals surface area (Å²) in [4.78, 5) is 26.2. The molecular formula is C21H25ClN4O5S. The van der Waals surface area contributed by atoms with E-state index in [1.165, 1.54) is 24.3 Å². The van der Waals surface area contributed by atoms with E-state index < -0.39 is 27.9 Å². The molecule has 11 heteroatoms. The molecular weight excluding hydrogens is 456 g/mol. The van der Waals surface area contributed by atoms with Crippen molar-refractivity contribution in [3.05, 3.63) is 53.6 Å². The minimum Gasteiger partial charge on any atom is -0.378 e. The highest BCUT2D eigenvalue weighted by molar-refractivity contribution is 7.89. The number of ether oxygens (including phenoxy) is 1. The quantitative estimate of drug-likeness (QED) is 0.501. The summed E-state index contributed by atoms with van der Waals surface area (Å²) in [6.45, 7) is 2.89. The number of benzene rings is 2. The molecule has 1 atom stereocenters. The molecule has 1 saturated heterocycles. The molecule has 172 valence electrons. The van der Waals surface area contributed by atoms with Gasteiger partial charge in [-0.3, -0.25) is 9.59 Å². The topological polar surface area (TPSA) is 131 Å². The average molecular weight is 481 g/mol. The summed E-state index contributed by atoms with van der Waals surface area (Å²) < 4.78 is 33.1. The number of anilines is 2. The lowest BCUT2D eigenvalue weighted by Gasteiger charge is -2.29. The fourth-order valence-electron chi connectivity index (χ4n) is 3.21. The Morgan fingerprint density at radius 1 is 1.06 bits per heavy atom. The summed E-state index contributed by atoms with van der Waals surface area (Å²) in [7, 11) is -4.02. The van der Waals surface area contributed by atoms with Crippen LogP contribution in [0.4, 0.5) is 11.4 Å². The molecule has 1 aliphatic heterocycles. The first kappa shape index (κ1) is 24.0. The van der Waals surface area contributed by atoms with E-state index >= 15 is 0 Å². The van der Waals surface area contributed by atoms with Gasteiger partial charge in [0.25, 0.3) is 0 Å². The fraction of sp³-hybridized carbons (Fsp3) is 0.333. The molecule has 2 aromatic rings. The third-order valence-electron chi connectivity index (χ3n) is 4.93. The highest BCUT2D eigenvalue weighted by atomic mass is 35.5. The number of morpholine rings is 1. The molecule has 0 bridgehead atoms. The summed E-state index contributed by atoms with van der Waals surface area (Å²) in [5, 5.41) is 3.08. The van der Waals surface area contributed by atoms with Gasteiger partial charge in [0.05, 0.1) is 18.1 Å². The van der Waals surface area contributed by atoms with Gasteiger partial charge in [0.15, 0.2) is 0 Å². The van der Waals surface area contributed by atoms with Crippen LogP contribution in [0.25, 0.3) is 0 Å². The number of hydrogen-bond acceptors (Lipinski definition) is 6. The van der Waals surface area contributed by atoms with Gasteiger partial charge in [-0.2, -0.15) is 4.72 Å². The summed E-state index contributed by atoms with van der Waals surface area (Å²) in [6.07, 6.45) is -0.239. The Morgan fingerprint density at radius 2 is 1.69 bits per heavy atom. The second-order valence-corrected chi connectivity index (χ2v) is 9.42. The number of nitrogens with zero attached hydrogens (tertiary/aromatic N) is 1. The number of rotatable bonds is 9. The van der Waals surface area contributed by atoms with Gasteiger partial charge in [0.1, 0.15) is 6.04 Å². The van der Waals surface area contributed by atoms with Gasteiger partial charge in [0.2, 0.25) is 21.8 Å². The molecule has 0 spiro atoms. The molecule has 4 N–H and O–H groups in total. The number of nitrogens with two attached hydrogens (primary N) is 1. The van der Waals surface area contributed by atoms with Gasteiger partial charge in [-0.15, -0.1) is 0 Å². The molecule has 2 aromatic carbocycles. The van der Waals surface area contributed by atoms with E-state index in [4.69, 9.17) is 22.1 Å². The number of nitrogens with one attached hydrogen (secondary N) is 2. The summed E-state index contributed by atoms with van der Waals surface area (Å²) >= 11 is 5.81. The normalized spacial score (nSPS) is 15.2. The molecule has 2 amide bonds. The van der Waals surface area contributed by atoms with Crippen LogP contribution in [0.2, 0.25) is 5.02 Å². The van der Waals surface area contributed by atoms with Gasteiger partial charge >= 0.3 is 0 Å². The molecule has 1 unspecified atom stereocenters. The van der Waals surface area contributed by atoms with Crippen LogP contribution in [0.1, 0.15) is 12.8 Å². The standard InChI is InChI=1S/C21H25ClN4O5S/c22-15-1-7-18(8-2-15)32(29,30)25-19(9-10-20(23)27)21(28)24-16-3-5-17(6-4-16)26-11-13-31-14-12-26/h1-8,19,25H,9-14H2,(H2,23,27)(H,24,28). The molecule has 1 fully saturated rings. The molecule has 1 aliphatic rings. The van der Waals surface area contributed by atoms with Crippen LogP contribution < -0.4 is 20.7 Å². The maximum atomic E-state index is 12.8. The van der Waals surface area contributed by atoms with Gasteiger partial charge in [0, 0.05) is 35.9 Å². The van der Waals surface area contributed by atoms with Crippen molar-refractivity contribution in [3.63, 3.8) is 0 Å². The number of hydrogen-bond donors (Lipinski definition) is 3. The molecule has 0 saturated carbocycles. The molecule has 0 aromatic heterocycles. The maximum Gasteiger partial charge on any atom is 0.242 e. The molecule has 0 radical (unpaired) electrons. The lowest BCUT2D eigenvalue weighted by Crippen LogP contribution is -2.44. The van der Waals surface area contributed by atoms with E-state index in [-0.39, 0.29) is 17.7 Å². The van der Waals surface area contributed by atoms with E-state index in [2.05, 4.69) is 14.9 Å². The van der Waals surface area contributed by atoms with Crippen LogP contribution in [-0.4, -0.2) is 52.6 Å². The highest BCUT2D eigenvalue weighted by Crippen LogP contribution is 2.20. The number of halogens is 1. The number of carbonyl (C=O) groups excluding carboxylic acids is 2. The molecule has 1 heterocycles. The molecule has 9 nitrogen and oxygen atoms in total. The molecule has 32 heavy (non-hydrogen) atoms. The average Bonchev–Trinajstić information content (AvgIpc) is 2.78. The van der Waals surface area contributed by atoms with E-state index in [9.17, 15) is 18.0 Å². The zero-order chi connectivity index (χ0) is 23.1. The van der Waals surface area contributed by atoms with Crippen LogP contribution in [0.5, 0.6) is 0 Å². The van der Waals surface area contributed by atoms with Crippen molar-refractivity contribution in [1.29, 1.82) is 0 Å². The van der Waals surface area contributed by atoms with Crippen molar-refractivity contribution in [2.45, 2.75) is 23.8 Å². The van der Waals surface area contributed by atoms with Crippen molar-refractivity contribution in [2.24, 2.45) is 5.73 Å². The Balaban J connectivity index is 1.71. The van der Waals surface area contributed by atoms with Crippen molar-refractivity contribution in [3.8, 4) is 0 Å². The van der Waals surface area contributed by atoms with E-state index in [0.29, 0.717) is 23.9 Å². The first-order valence-corrected chi connectivity index (χ1v) is 11.9. The summed E-state index contributed by atoms with van der Waals surface area (Å²) in [6, 6.07) is 11.6. The van der Waals surface area contributed by atoms with E-state index in [0.717, 1.165) is 18.8 Å². The number of amides is 2. The molecule has 0 aliphatic carbocycles. The Bertz CT molecular complexity index is 1040. The van der Waals surface area contributed by atoms with Crippen molar-refractivity contribution in [1.82, 2.24) is 4.72 Å². The third-order valence-corrected chi connectivity index (χ3v) is 6.67. The lowest BCUT2D eigenvalue weighted by atomic mass is 10.1. The zero-order valence-corrected chi connectivity index (χ0v) is 18.9. The van der Waals surface area contributed by atoms with E-state index in [1.807, 2.05) is 12.1 Å². The Morgan fingerprint density at radius 3 is 2.28 bits per heavy atom. The second-order valence-electron chi connectivity index (χ2n) is 7.27. The first-order chi connectivity index (χ1) is 15.2. The largest absolute Gasteiger partial charge is 0.378 e. The van der Waals surface area contributed by atoms with Gasteiger partial charge in [-0.05, 0) is 55.0 Å². The third kappa shape index (κ3) is 6.67. The van der Waals surface area contributed by atoms with Gasteiger partial charge in [-0.25, -0.2) is 8.42 Å². The van der Waals surface area contributed by atoms with Crippen LogP contribution in [0.15, 0.2) is 53.4 Å². The lowest BCUT2D eigenvalue weighted by molar-refractivity contribution is -0.119. The van der Waals surface area contributed by atoms with Gasteiger partial charge in [-0.1, -0.05) is 11.6 Å². The van der Waals surface area contributed by atoms with Crippen LogP contribution >= 0.6 is 11.6 Å². The Kier molecular flexibility index (Phi) is 8.08. The van der Waals surface area contributed by atoms with Crippen LogP contribution in [-0.2, 0) is 24.3 Å². The minimum absolute atomic E-state index is 0.0476. The second kappa shape index (κ2) is 10.8. The number of primary amides is 1. The SMILES string of the molecule is NC(=O)CCC(NS(=O)(=O)c1ccc(Cl)cc1)C(=O)Nc1ccc(N2CCOCC2)cc1. The zero-order valence-electron chi connectivity index (χ0n) is 17.3. The molecule has 3 rings (SSSR count). The fourth-order valence-corrected chi connectivity index (χ4v) is 4.56. The number of sulfonamides is 1. The maximum absolute atomic E-state index is 12.8. The Labute approximate surface area is 191 Å². The minimum atomic E-state index is -4.02.